The van der Waals surface area contributed by atoms with Gasteiger partial charge >= 0.3 is 0 Å². The van der Waals surface area contributed by atoms with E-state index in [4.69, 9.17) is 4.74 Å². The Morgan fingerprint density at radius 3 is 2.56 bits per heavy atom. The van der Waals surface area contributed by atoms with Crippen molar-refractivity contribution in [1.29, 1.82) is 0 Å². The Kier molecular flexibility index (Phi) is 5.00. The molecule has 0 aliphatic carbocycles. The highest BCUT2D eigenvalue weighted by molar-refractivity contribution is 7.14. The van der Waals surface area contributed by atoms with E-state index >= 15 is 0 Å². The van der Waals surface area contributed by atoms with Gasteiger partial charge in [-0.05, 0) is 42.0 Å². The first kappa shape index (κ1) is 16.6. The van der Waals surface area contributed by atoms with Crippen LogP contribution in [0.25, 0.3) is 11.3 Å². The van der Waals surface area contributed by atoms with E-state index in [1.54, 1.807) is 25.5 Å². The number of hydrogen-bond donors (Lipinski definition) is 1. The van der Waals surface area contributed by atoms with E-state index in [1.807, 2.05) is 29.6 Å². The number of hydrogen-bond acceptors (Lipinski definition) is 7. The number of aromatic nitrogens is 1. The number of nitrogens with zero attached hydrogens (tertiary/aromatic N) is 3. The lowest BCUT2D eigenvalue weighted by Crippen LogP contribution is -1.91. The quantitative estimate of drug-likeness (QED) is 0.407. The van der Waals surface area contributed by atoms with Gasteiger partial charge < -0.3 is 4.74 Å². The maximum Gasteiger partial charge on any atom is 0.269 e. The van der Waals surface area contributed by atoms with E-state index < -0.39 is 4.92 Å². The second kappa shape index (κ2) is 7.54. The summed E-state index contributed by atoms with van der Waals surface area (Å²) in [5.41, 5.74) is 5.42. The number of methoxy groups -OCH3 is 1. The summed E-state index contributed by atoms with van der Waals surface area (Å²) >= 11 is 1.41. The Morgan fingerprint density at radius 2 is 1.92 bits per heavy atom. The van der Waals surface area contributed by atoms with Gasteiger partial charge in [-0.2, -0.15) is 5.10 Å². The molecule has 1 aromatic heterocycles. The highest BCUT2D eigenvalue weighted by atomic mass is 32.1. The van der Waals surface area contributed by atoms with Gasteiger partial charge in [-0.1, -0.05) is 0 Å². The lowest BCUT2D eigenvalue weighted by Gasteiger charge is -1.99. The average molecular weight is 354 g/mol. The molecular formula is C17H14N4O3S. The maximum absolute atomic E-state index is 10.7. The minimum absolute atomic E-state index is 0.0569. The van der Waals surface area contributed by atoms with Gasteiger partial charge in [0.2, 0.25) is 5.13 Å². The van der Waals surface area contributed by atoms with Crippen molar-refractivity contribution in [1.82, 2.24) is 4.98 Å². The SMILES string of the molecule is COc1ccc(C=NNc2nc(-c3ccc([N+](=O)[O-])cc3)cs2)cc1. The fourth-order valence-electron chi connectivity index (χ4n) is 2.06. The number of nitro groups is 1. The summed E-state index contributed by atoms with van der Waals surface area (Å²) in [5, 5.41) is 17.3. The highest BCUT2D eigenvalue weighted by Gasteiger charge is 2.07. The lowest BCUT2D eigenvalue weighted by atomic mass is 10.1. The van der Waals surface area contributed by atoms with Crippen molar-refractivity contribution in [2.75, 3.05) is 12.5 Å². The van der Waals surface area contributed by atoms with Crippen LogP contribution in [0.2, 0.25) is 0 Å². The van der Waals surface area contributed by atoms with Crippen LogP contribution in [-0.2, 0) is 0 Å². The van der Waals surface area contributed by atoms with Crippen LogP contribution in [0.5, 0.6) is 5.75 Å². The molecule has 1 N–H and O–H groups in total. The number of ether oxygens (including phenoxy) is 1. The molecule has 0 radical (unpaired) electrons. The molecule has 1 heterocycles. The van der Waals surface area contributed by atoms with Crippen LogP contribution >= 0.6 is 11.3 Å². The second-order valence-electron chi connectivity index (χ2n) is 4.99. The fraction of sp³-hybridized carbons (Fsp3) is 0.0588. The summed E-state index contributed by atoms with van der Waals surface area (Å²) in [6.45, 7) is 0. The summed E-state index contributed by atoms with van der Waals surface area (Å²) in [6, 6.07) is 13.8. The number of hydrazone groups is 1. The molecule has 0 aliphatic rings. The van der Waals surface area contributed by atoms with Crippen LogP contribution in [0.1, 0.15) is 5.56 Å². The summed E-state index contributed by atoms with van der Waals surface area (Å²) in [7, 11) is 1.62. The molecule has 7 nitrogen and oxygen atoms in total. The Bertz CT molecular complexity index is 889. The molecule has 0 fully saturated rings. The first-order valence-electron chi connectivity index (χ1n) is 7.29. The lowest BCUT2D eigenvalue weighted by molar-refractivity contribution is -0.384. The standard InChI is InChI=1S/C17H14N4O3S/c1-24-15-8-2-12(3-9-15)10-18-20-17-19-16(11-25-17)13-4-6-14(7-5-13)21(22)23/h2-11H,1H3,(H,19,20). The van der Waals surface area contributed by atoms with Gasteiger partial charge in [0, 0.05) is 23.1 Å². The minimum atomic E-state index is -0.425. The molecule has 0 aliphatic heterocycles. The number of rotatable bonds is 6. The smallest absolute Gasteiger partial charge is 0.269 e. The van der Waals surface area contributed by atoms with E-state index in [9.17, 15) is 10.1 Å². The number of thiazole rings is 1. The molecule has 0 unspecified atom stereocenters. The monoisotopic (exact) mass is 354 g/mol. The van der Waals surface area contributed by atoms with Crippen LogP contribution in [0.4, 0.5) is 10.8 Å². The van der Waals surface area contributed by atoms with Gasteiger partial charge in [-0.15, -0.1) is 11.3 Å². The Hall–Kier alpha value is -3.26. The molecule has 3 aromatic rings. The predicted molar refractivity (Wildman–Crippen MR) is 98.4 cm³/mol. The largest absolute Gasteiger partial charge is 0.497 e. The van der Waals surface area contributed by atoms with Crippen molar-refractivity contribution in [3.8, 4) is 17.0 Å². The third kappa shape index (κ3) is 4.18. The van der Waals surface area contributed by atoms with Crippen molar-refractivity contribution in [2.45, 2.75) is 0 Å². The molecule has 0 bridgehead atoms. The number of anilines is 1. The zero-order valence-corrected chi connectivity index (χ0v) is 14.1. The third-order valence-electron chi connectivity index (χ3n) is 3.37. The average Bonchev–Trinajstić information content (AvgIpc) is 3.11. The summed E-state index contributed by atoms with van der Waals surface area (Å²) in [5.74, 6) is 0.790. The van der Waals surface area contributed by atoms with Crippen molar-refractivity contribution in [2.24, 2.45) is 5.10 Å². The predicted octanol–water partition coefficient (Wildman–Crippen LogP) is 4.17. The normalized spacial score (nSPS) is 10.8. The summed E-state index contributed by atoms with van der Waals surface area (Å²) in [4.78, 5) is 14.7. The molecular weight excluding hydrogens is 340 g/mol. The Morgan fingerprint density at radius 1 is 1.20 bits per heavy atom. The molecule has 3 rings (SSSR count). The molecule has 25 heavy (non-hydrogen) atoms. The van der Waals surface area contributed by atoms with Crippen LogP contribution in [0.3, 0.4) is 0 Å². The number of benzene rings is 2. The molecule has 126 valence electrons. The molecule has 0 spiro atoms. The van der Waals surface area contributed by atoms with E-state index in [2.05, 4.69) is 15.5 Å². The van der Waals surface area contributed by atoms with Gasteiger partial charge in [0.1, 0.15) is 5.75 Å². The van der Waals surface area contributed by atoms with E-state index in [0.717, 1.165) is 22.6 Å². The van der Waals surface area contributed by atoms with Crippen LogP contribution in [0, 0.1) is 10.1 Å². The van der Waals surface area contributed by atoms with E-state index in [1.165, 1.54) is 23.5 Å². The number of non-ortho nitro benzene ring substituents is 1. The van der Waals surface area contributed by atoms with Crippen molar-refractivity contribution in [3.63, 3.8) is 0 Å². The van der Waals surface area contributed by atoms with Crippen molar-refractivity contribution < 1.29 is 9.66 Å². The zero-order chi connectivity index (χ0) is 17.6. The molecule has 0 saturated heterocycles. The van der Waals surface area contributed by atoms with E-state index in [-0.39, 0.29) is 5.69 Å². The van der Waals surface area contributed by atoms with Crippen molar-refractivity contribution in [3.05, 3.63) is 69.6 Å². The van der Waals surface area contributed by atoms with Crippen LogP contribution in [0.15, 0.2) is 59.0 Å². The van der Waals surface area contributed by atoms with Gasteiger partial charge in [-0.3, -0.25) is 15.5 Å². The zero-order valence-electron chi connectivity index (χ0n) is 13.2. The first-order chi connectivity index (χ1) is 12.2. The van der Waals surface area contributed by atoms with Crippen LogP contribution in [-0.4, -0.2) is 23.2 Å². The number of nitrogens with one attached hydrogen (secondary N) is 1. The fourth-order valence-corrected chi connectivity index (χ4v) is 2.73. The molecule has 2 aromatic carbocycles. The maximum atomic E-state index is 10.7. The Balaban J connectivity index is 1.64. The molecule has 0 atom stereocenters. The minimum Gasteiger partial charge on any atom is -0.497 e. The molecule has 8 heteroatoms. The highest BCUT2D eigenvalue weighted by Crippen LogP contribution is 2.26. The van der Waals surface area contributed by atoms with Crippen molar-refractivity contribution >= 4 is 28.4 Å². The molecule has 0 amide bonds. The van der Waals surface area contributed by atoms with Gasteiger partial charge in [0.15, 0.2) is 0 Å². The summed E-state index contributed by atoms with van der Waals surface area (Å²) < 4.78 is 5.10. The topological polar surface area (TPSA) is 89.7 Å². The second-order valence-corrected chi connectivity index (χ2v) is 5.84. The third-order valence-corrected chi connectivity index (χ3v) is 4.11. The van der Waals surface area contributed by atoms with E-state index in [0.29, 0.717) is 5.13 Å². The van der Waals surface area contributed by atoms with Gasteiger partial charge in [0.25, 0.3) is 5.69 Å². The number of nitro benzene ring substituents is 1. The summed E-state index contributed by atoms with van der Waals surface area (Å²) in [6.07, 6.45) is 1.69. The Labute approximate surface area is 147 Å². The van der Waals surface area contributed by atoms with Gasteiger partial charge in [0.05, 0.1) is 23.9 Å². The van der Waals surface area contributed by atoms with Gasteiger partial charge in [-0.25, -0.2) is 4.98 Å². The van der Waals surface area contributed by atoms with Crippen LogP contribution < -0.4 is 10.2 Å². The molecule has 0 saturated carbocycles. The first-order valence-corrected chi connectivity index (χ1v) is 8.17.